The zero-order chi connectivity index (χ0) is 24.0. The molecular formula is C25H26O8. The van der Waals surface area contributed by atoms with Crippen molar-refractivity contribution in [1.82, 2.24) is 0 Å². The zero-order valence-corrected chi connectivity index (χ0v) is 19.0. The summed E-state index contributed by atoms with van der Waals surface area (Å²) in [5.41, 5.74) is 0.539. The third kappa shape index (κ3) is 5.71. The maximum atomic E-state index is 13.0. The van der Waals surface area contributed by atoms with Crippen molar-refractivity contribution in [2.24, 2.45) is 0 Å². The third-order valence-electron chi connectivity index (χ3n) is 4.68. The standard InChI is InChI=1S/C25H26O8/c1-5-29-24(27)15(3)31-18-12-21(32-16(4)25(28)30-6-2)23-19(26)14-20(33-22(23)13-18)17-10-8-7-9-11-17/h7-16H,5-6H2,1-4H3/t15-,16+/m1/s1. The van der Waals surface area contributed by atoms with Gasteiger partial charge in [-0.25, -0.2) is 9.59 Å². The van der Waals surface area contributed by atoms with E-state index in [1.807, 2.05) is 30.3 Å². The van der Waals surface area contributed by atoms with Gasteiger partial charge >= 0.3 is 11.9 Å². The van der Waals surface area contributed by atoms with Gasteiger partial charge in [0.25, 0.3) is 0 Å². The number of carbonyl (C=O) groups is 2. The van der Waals surface area contributed by atoms with Gasteiger partial charge in [-0.1, -0.05) is 30.3 Å². The van der Waals surface area contributed by atoms with Crippen molar-refractivity contribution < 1.29 is 33.0 Å². The number of carbonyl (C=O) groups excluding carboxylic acids is 2. The first kappa shape index (κ1) is 23.8. The van der Waals surface area contributed by atoms with E-state index in [1.54, 1.807) is 20.8 Å². The fourth-order valence-electron chi connectivity index (χ4n) is 3.14. The molecule has 3 aromatic rings. The van der Waals surface area contributed by atoms with E-state index in [4.69, 9.17) is 23.4 Å². The lowest BCUT2D eigenvalue weighted by molar-refractivity contribution is -0.151. The molecule has 0 aliphatic heterocycles. The number of benzene rings is 2. The molecule has 174 valence electrons. The van der Waals surface area contributed by atoms with E-state index in [9.17, 15) is 14.4 Å². The number of hydrogen-bond donors (Lipinski definition) is 0. The van der Waals surface area contributed by atoms with E-state index in [0.29, 0.717) is 11.3 Å². The minimum atomic E-state index is -0.987. The molecule has 1 aromatic heterocycles. The highest BCUT2D eigenvalue weighted by atomic mass is 16.6. The minimum absolute atomic E-state index is 0.0764. The SMILES string of the molecule is CCOC(=O)[C@H](C)Oc1cc(O[C@H](C)C(=O)OCC)cc2oc(-c3ccccc3)cc(=O)c12. The first-order valence-electron chi connectivity index (χ1n) is 10.7. The molecule has 0 saturated carbocycles. The zero-order valence-electron chi connectivity index (χ0n) is 19.0. The van der Waals surface area contributed by atoms with Crippen LogP contribution in [0, 0.1) is 0 Å². The Morgan fingerprint density at radius 3 is 2.09 bits per heavy atom. The molecule has 0 unspecified atom stereocenters. The molecule has 2 aromatic carbocycles. The van der Waals surface area contributed by atoms with Crippen LogP contribution in [0.5, 0.6) is 11.5 Å². The van der Waals surface area contributed by atoms with E-state index in [0.717, 1.165) is 0 Å². The molecule has 2 atom stereocenters. The molecule has 0 aliphatic carbocycles. The van der Waals surface area contributed by atoms with Crippen LogP contribution in [0.2, 0.25) is 0 Å². The molecule has 0 bridgehead atoms. The molecule has 0 aliphatic rings. The summed E-state index contributed by atoms with van der Waals surface area (Å²) < 4.78 is 27.5. The number of fused-ring (bicyclic) bond motifs is 1. The summed E-state index contributed by atoms with van der Waals surface area (Å²) in [6.07, 6.45) is -1.90. The Hall–Kier alpha value is -3.81. The van der Waals surface area contributed by atoms with Crippen molar-refractivity contribution >= 4 is 22.9 Å². The van der Waals surface area contributed by atoms with Crippen LogP contribution in [0.3, 0.4) is 0 Å². The van der Waals surface area contributed by atoms with Gasteiger partial charge in [0.05, 0.1) is 13.2 Å². The summed E-state index contributed by atoms with van der Waals surface area (Å²) in [4.78, 5) is 37.1. The third-order valence-corrected chi connectivity index (χ3v) is 4.68. The monoisotopic (exact) mass is 454 g/mol. The van der Waals surface area contributed by atoms with E-state index < -0.39 is 24.1 Å². The Bertz CT molecular complexity index is 1180. The molecule has 0 radical (unpaired) electrons. The molecule has 0 fully saturated rings. The van der Waals surface area contributed by atoms with Gasteiger partial charge in [-0.15, -0.1) is 0 Å². The lowest BCUT2D eigenvalue weighted by atomic mass is 10.1. The topological polar surface area (TPSA) is 101 Å². The van der Waals surface area contributed by atoms with Gasteiger partial charge in [-0.2, -0.15) is 0 Å². The number of ether oxygens (including phenoxy) is 4. The summed E-state index contributed by atoms with van der Waals surface area (Å²) in [5, 5.41) is 0.141. The molecule has 3 rings (SSSR count). The van der Waals surface area contributed by atoms with Crippen LogP contribution in [0.4, 0.5) is 0 Å². The number of rotatable bonds is 9. The maximum Gasteiger partial charge on any atom is 0.347 e. The van der Waals surface area contributed by atoms with E-state index >= 15 is 0 Å². The average Bonchev–Trinajstić information content (AvgIpc) is 2.79. The Morgan fingerprint density at radius 1 is 0.879 bits per heavy atom. The highest BCUT2D eigenvalue weighted by Crippen LogP contribution is 2.33. The predicted octanol–water partition coefficient (Wildman–Crippen LogP) is 4.12. The first-order valence-corrected chi connectivity index (χ1v) is 10.7. The van der Waals surface area contributed by atoms with Gasteiger partial charge in [0.15, 0.2) is 17.6 Å². The minimum Gasteiger partial charge on any atom is -0.479 e. The van der Waals surface area contributed by atoms with Gasteiger partial charge in [-0.05, 0) is 27.7 Å². The molecule has 0 amide bonds. The van der Waals surface area contributed by atoms with Crippen molar-refractivity contribution in [3.05, 3.63) is 58.8 Å². The predicted molar refractivity (Wildman–Crippen MR) is 121 cm³/mol. The van der Waals surface area contributed by atoms with E-state index in [-0.39, 0.29) is 41.1 Å². The summed E-state index contributed by atoms with van der Waals surface area (Å²) in [6.45, 7) is 6.84. The first-order chi connectivity index (χ1) is 15.8. The van der Waals surface area contributed by atoms with Crippen LogP contribution < -0.4 is 14.9 Å². The van der Waals surface area contributed by atoms with Gasteiger partial charge in [-0.3, -0.25) is 4.79 Å². The van der Waals surface area contributed by atoms with Gasteiger partial charge in [0.1, 0.15) is 28.2 Å². The molecule has 1 heterocycles. The summed E-state index contributed by atoms with van der Waals surface area (Å²) in [5.74, 6) is -0.482. The van der Waals surface area contributed by atoms with E-state index in [1.165, 1.54) is 25.1 Å². The summed E-state index contributed by atoms with van der Waals surface area (Å²) >= 11 is 0. The Kier molecular flexibility index (Phi) is 7.71. The van der Waals surface area contributed by atoms with Crippen LogP contribution in [-0.2, 0) is 19.1 Å². The van der Waals surface area contributed by atoms with Gasteiger partial charge < -0.3 is 23.4 Å². The van der Waals surface area contributed by atoms with Crippen LogP contribution in [0.15, 0.2) is 57.7 Å². The van der Waals surface area contributed by atoms with Crippen LogP contribution in [0.25, 0.3) is 22.3 Å². The Labute approximate surface area is 191 Å². The highest BCUT2D eigenvalue weighted by molar-refractivity contribution is 5.87. The number of hydrogen-bond acceptors (Lipinski definition) is 8. The molecule has 33 heavy (non-hydrogen) atoms. The van der Waals surface area contributed by atoms with Crippen molar-refractivity contribution in [3.63, 3.8) is 0 Å². The smallest absolute Gasteiger partial charge is 0.347 e. The normalized spacial score (nSPS) is 12.6. The molecule has 0 spiro atoms. The number of esters is 2. The molecule has 0 N–H and O–H groups in total. The molecule has 0 saturated heterocycles. The Balaban J connectivity index is 2.09. The second-order valence-corrected chi connectivity index (χ2v) is 7.16. The molecular weight excluding hydrogens is 428 g/mol. The summed E-state index contributed by atoms with van der Waals surface area (Å²) in [6, 6.07) is 13.4. The van der Waals surface area contributed by atoms with Crippen LogP contribution >= 0.6 is 0 Å². The lowest BCUT2D eigenvalue weighted by Gasteiger charge is -2.18. The fraction of sp³-hybridized carbons (Fsp3) is 0.320. The molecule has 8 heteroatoms. The second-order valence-electron chi connectivity index (χ2n) is 7.16. The average molecular weight is 454 g/mol. The highest BCUT2D eigenvalue weighted by Gasteiger charge is 2.22. The van der Waals surface area contributed by atoms with Crippen LogP contribution in [-0.4, -0.2) is 37.4 Å². The maximum absolute atomic E-state index is 13.0. The summed E-state index contributed by atoms with van der Waals surface area (Å²) in [7, 11) is 0. The second kappa shape index (κ2) is 10.7. The van der Waals surface area contributed by atoms with E-state index in [2.05, 4.69) is 0 Å². The fourth-order valence-corrected chi connectivity index (χ4v) is 3.14. The van der Waals surface area contributed by atoms with Crippen molar-refractivity contribution in [3.8, 4) is 22.8 Å². The largest absolute Gasteiger partial charge is 0.479 e. The Morgan fingerprint density at radius 2 is 1.48 bits per heavy atom. The van der Waals surface area contributed by atoms with Crippen LogP contribution in [0.1, 0.15) is 27.7 Å². The molecule has 8 nitrogen and oxygen atoms in total. The quantitative estimate of drug-likeness (QED) is 0.445. The van der Waals surface area contributed by atoms with Gasteiger partial charge in [0, 0.05) is 23.8 Å². The van der Waals surface area contributed by atoms with Crippen molar-refractivity contribution in [2.75, 3.05) is 13.2 Å². The lowest BCUT2D eigenvalue weighted by Crippen LogP contribution is -2.27. The van der Waals surface area contributed by atoms with Crippen molar-refractivity contribution in [1.29, 1.82) is 0 Å². The van der Waals surface area contributed by atoms with Crippen molar-refractivity contribution in [2.45, 2.75) is 39.9 Å². The van der Waals surface area contributed by atoms with Gasteiger partial charge in [0.2, 0.25) is 0 Å².